The Hall–Kier alpha value is -3.48. The van der Waals surface area contributed by atoms with Gasteiger partial charge >= 0.3 is 0 Å². The fourth-order valence-corrected chi connectivity index (χ4v) is 3.13. The van der Waals surface area contributed by atoms with Crippen LogP contribution in [0.15, 0.2) is 42.5 Å². The van der Waals surface area contributed by atoms with E-state index >= 15 is 0 Å². The Bertz CT molecular complexity index is 995. The normalized spacial score (nSPS) is 12.1. The minimum absolute atomic E-state index is 0.108. The predicted molar refractivity (Wildman–Crippen MR) is 105 cm³/mol. The topological polar surface area (TPSA) is 85.5 Å². The number of nitrogens with one attached hydrogen (secondary N) is 2. The molecule has 0 spiro atoms. The second kappa shape index (κ2) is 7.64. The molecule has 0 atom stereocenters. The van der Waals surface area contributed by atoms with Crippen molar-refractivity contribution >= 4 is 11.6 Å². The average molecular weight is 379 g/mol. The first kappa shape index (κ1) is 17.9. The summed E-state index contributed by atoms with van der Waals surface area (Å²) in [6.45, 7) is 2.22. The maximum absolute atomic E-state index is 12.6. The number of H-pyrrole nitrogens is 1. The number of hydrogen-bond donors (Lipinski definition) is 2. The number of amides is 1. The highest BCUT2D eigenvalue weighted by Gasteiger charge is 2.20. The quantitative estimate of drug-likeness (QED) is 0.684. The summed E-state index contributed by atoms with van der Waals surface area (Å²) in [4.78, 5) is 12.6. The maximum atomic E-state index is 12.6. The van der Waals surface area contributed by atoms with Crippen LogP contribution in [0.5, 0.6) is 17.2 Å². The van der Waals surface area contributed by atoms with Crippen LogP contribution in [0.2, 0.25) is 0 Å². The third kappa shape index (κ3) is 3.51. The van der Waals surface area contributed by atoms with Gasteiger partial charge in [-0.1, -0.05) is 19.1 Å². The zero-order valence-electron chi connectivity index (χ0n) is 15.7. The first-order chi connectivity index (χ1) is 13.7. The van der Waals surface area contributed by atoms with Crippen LogP contribution in [0.1, 0.15) is 18.2 Å². The van der Waals surface area contributed by atoms with E-state index in [1.54, 1.807) is 7.11 Å². The van der Waals surface area contributed by atoms with Crippen molar-refractivity contribution in [2.45, 2.75) is 19.8 Å². The maximum Gasteiger partial charge on any atom is 0.231 e. The second-order valence-corrected chi connectivity index (χ2v) is 6.42. The van der Waals surface area contributed by atoms with Crippen LogP contribution in [-0.4, -0.2) is 30.0 Å². The molecule has 0 unspecified atom stereocenters. The molecule has 1 aromatic heterocycles. The van der Waals surface area contributed by atoms with E-state index in [1.165, 1.54) is 0 Å². The van der Waals surface area contributed by atoms with Crippen molar-refractivity contribution in [3.8, 4) is 28.5 Å². The number of methoxy groups -OCH3 is 1. The van der Waals surface area contributed by atoms with Crippen LogP contribution >= 0.6 is 0 Å². The molecule has 4 rings (SSSR count). The zero-order valence-corrected chi connectivity index (χ0v) is 15.7. The fraction of sp³-hybridized carbons (Fsp3) is 0.238. The number of carbonyl (C=O) groups is 1. The summed E-state index contributed by atoms with van der Waals surface area (Å²) in [5.41, 5.74) is 4.00. The number of fused-ring (bicyclic) bond motifs is 1. The van der Waals surface area contributed by atoms with Gasteiger partial charge in [0.25, 0.3) is 0 Å². The molecule has 0 aliphatic carbocycles. The standard InChI is InChI=1S/C21H21N3O4/c1-3-16-21(22-19(25)10-13-4-7-15(26-2)8-5-13)20(24-23-16)14-6-9-17-18(11-14)28-12-27-17/h4-9,11H,3,10,12H2,1-2H3,(H,22,25)(H,23,24). The van der Waals surface area contributed by atoms with Gasteiger partial charge in [-0.2, -0.15) is 5.10 Å². The number of carbonyl (C=O) groups excluding carboxylic acids is 1. The molecular weight excluding hydrogens is 358 g/mol. The number of nitrogens with zero attached hydrogens (tertiary/aromatic N) is 1. The number of aromatic nitrogens is 2. The molecular formula is C21H21N3O4. The first-order valence-corrected chi connectivity index (χ1v) is 9.08. The van der Waals surface area contributed by atoms with Crippen molar-refractivity contribution < 1.29 is 19.0 Å². The monoisotopic (exact) mass is 379 g/mol. The molecule has 7 heteroatoms. The molecule has 0 fully saturated rings. The number of aromatic amines is 1. The highest BCUT2D eigenvalue weighted by Crippen LogP contribution is 2.38. The van der Waals surface area contributed by atoms with Crippen LogP contribution in [-0.2, 0) is 17.6 Å². The number of benzene rings is 2. The van der Waals surface area contributed by atoms with E-state index in [9.17, 15) is 4.79 Å². The molecule has 1 aliphatic rings. The molecule has 0 saturated carbocycles. The van der Waals surface area contributed by atoms with Crippen molar-refractivity contribution in [3.63, 3.8) is 0 Å². The summed E-state index contributed by atoms with van der Waals surface area (Å²) >= 11 is 0. The fourth-order valence-electron chi connectivity index (χ4n) is 3.13. The Kier molecular flexibility index (Phi) is 4.89. The Morgan fingerprint density at radius 3 is 2.71 bits per heavy atom. The summed E-state index contributed by atoms with van der Waals surface area (Å²) in [6.07, 6.45) is 0.981. The lowest BCUT2D eigenvalue weighted by Gasteiger charge is -2.09. The van der Waals surface area contributed by atoms with E-state index < -0.39 is 0 Å². The molecule has 7 nitrogen and oxygen atoms in total. The molecule has 0 saturated heterocycles. The number of anilines is 1. The van der Waals surface area contributed by atoms with Gasteiger partial charge in [0.05, 0.1) is 24.9 Å². The van der Waals surface area contributed by atoms with Crippen molar-refractivity contribution in [2.75, 3.05) is 19.2 Å². The number of aryl methyl sites for hydroxylation is 1. The van der Waals surface area contributed by atoms with Crippen LogP contribution in [0.3, 0.4) is 0 Å². The van der Waals surface area contributed by atoms with Gasteiger partial charge in [-0.15, -0.1) is 0 Å². The minimum Gasteiger partial charge on any atom is -0.497 e. The zero-order chi connectivity index (χ0) is 19.5. The number of rotatable bonds is 6. The van der Waals surface area contributed by atoms with E-state index in [2.05, 4.69) is 15.5 Å². The molecule has 0 radical (unpaired) electrons. The third-order valence-corrected chi connectivity index (χ3v) is 4.63. The van der Waals surface area contributed by atoms with Crippen molar-refractivity contribution in [2.24, 2.45) is 0 Å². The molecule has 144 valence electrons. The summed E-state index contributed by atoms with van der Waals surface area (Å²) in [7, 11) is 1.62. The van der Waals surface area contributed by atoms with Gasteiger partial charge in [0, 0.05) is 5.56 Å². The van der Waals surface area contributed by atoms with E-state index in [0.717, 1.165) is 29.0 Å². The molecule has 1 amide bonds. The lowest BCUT2D eigenvalue weighted by Crippen LogP contribution is -2.15. The summed E-state index contributed by atoms with van der Waals surface area (Å²) < 4.78 is 16.0. The van der Waals surface area contributed by atoms with Gasteiger partial charge in [0.2, 0.25) is 12.7 Å². The second-order valence-electron chi connectivity index (χ2n) is 6.42. The summed E-state index contributed by atoms with van der Waals surface area (Å²) in [6, 6.07) is 13.1. The highest BCUT2D eigenvalue weighted by molar-refractivity contribution is 5.96. The molecule has 2 heterocycles. The summed E-state index contributed by atoms with van der Waals surface area (Å²) in [5, 5.41) is 10.5. The van der Waals surface area contributed by atoms with Crippen LogP contribution in [0, 0.1) is 0 Å². The Labute approximate surface area is 162 Å². The molecule has 28 heavy (non-hydrogen) atoms. The van der Waals surface area contributed by atoms with Gasteiger partial charge in [0.15, 0.2) is 11.5 Å². The number of hydrogen-bond acceptors (Lipinski definition) is 5. The molecule has 3 aromatic rings. The van der Waals surface area contributed by atoms with Gasteiger partial charge < -0.3 is 19.5 Å². The van der Waals surface area contributed by atoms with Crippen LogP contribution in [0.25, 0.3) is 11.3 Å². The van der Waals surface area contributed by atoms with Gasteiger partial charge in [-0.05, 0) is 42.3 Å². The average Bonchev–Trinajstić information content (AvgIpc) is 3.34. The Balaban J connectivity index is 1.56. The summed E-state index contributed by atoms with van der Waals surface area (Å²) in [5.74, 6) is 2.04. The predicted octanol–water partition coefficient (Wildman–Crippen LogP) is 3.56. The van der Waals surface area contributed by atoms with E-state index in [1.807, 2.05) is 49.4 Å². The van der Waals surface area contributed by atoms with Crippen LogP contribution < -0.4 is 19.5 Å². The Morgan fingerprint density at radius 1 is 1.18 bits per heavy atom. The van der Waals surface area contributed by atoms with Crippen molar-refractivity contribution in [1.82, 2.24) is 10.2 Å². The highest BCUT2D eigenvalue weighted by atomic mass is 16.7. The minimum atomic E-state index is -0.108. The lowest BCUT2D eigenvalue weighted by molar-refractivity contribution is -0.115. The largest absolute Gasteiger partial charge is 0.497 e. The number of ether oxygens (including phenoxy) is 3. The lowest BCUT2D eigenvalue weighted by atomic mass is 10.1. The molecule has 2 N–H and O–H groups in total. The molecule has 1 aliphatic heterocycles. The van der Waals surface area contributed by atoms with Crippen LogP contribution in [0.4, 0.5) is 5.69 Å². The van der Waals surface area contributed by atoms with Crippen molar-refractivity contribution in [1.29, 1.82) is 0 Å². The van der Waals surface area contributed by atoms with Gasteiger partial charge in [-0.3, -0.25) is 9.89 Å². The SMILES string of the molecule is CCc1[nH]nc(-c2ccc3c(c2)OCO3)c1NC(=O)Cc1ccc(OC)cc1. The molecule has 2 aromatic carbocycles. The van der Waals surface area contributed by atoms with E-state index in [4.69, 9.17) is 14.2 Å². The van der Waals surface area contributed by atoms with E-state index in [-0.39, 0.29) is 19.1 Å². The van der Waals surface area contributed by atoms with E-state index in [0.29, 0.717) is 22.9 Å². The van der Waals surface area contributed by atoms with Gasteiger partial charge in [0.1, 0.15) is 11.4 Å². The first-order valence-electron chi connectivity index (χ1n) is 9.08. The Morgan fingerprint density at radius 2 is 1.96 bits per heavy atom. The van der Waals surface area contributed by atoms with Crippen molar-refractivity contribution in [3.05, 3.63) is 53.7 Å². The molecule has 0 bridgehead atoms. The third-order valence-electron chi connectivity index (χ3n) is 4.63. The smallest absolute Gasteiger partial charge is 0.231 e. The van der Waals surface area contributed by atoms with Gasteiger partial charge in [-0.25, -0.2) is 0 Å².